The number of anilines is 1. The maximum absolute atomic E-state index is 12.3. The number of nitrogens with one attached hydrogen (secondary N) is 1. The standard InChI is InChI=1S/C22H21N5O/c1-13-5-6-17-16(7-13)20-21(25-17)22(24-12-23-20)26-9-14-8-15(11-26)18-3-2-4-19(28)27(18)10-14/h2-7,12,14-15,25H,8-11H2,1H3/t14-,15+/m0/s1. The van der Waals surface area contributed by atoms with Crippen LogP contribution in [0, 0.1) is 12.8 Å². The largest absolute Gasteiger partial charge is 0.354 e. The Kier molecular flexibility index (Phi) is 3.21. The SMILES string of the molecule is Cc1ccc2[nH]c3c(N4C[C@@H]5C[C@H](C4)c4cccc(=O)n4C5)ncnc3c2c1. The monoisotopic (exact) mass is 371 g/mol. The molecule has 0 spiro atoms. The van der Waals surface area contributed by atoms with Crippen molar-refractivity contribution in [1.82, 2.24) is 19.5 Å². The van der Waals surface area contributed by atoms with E-state index in [-0.39, 0.29) is 5.56 Å². The Morgan fingerprint density at radius 1 is 1.11 bits per heavy atom. The molecule has 1 saturated heterocycles. The maximum atomic E-state index is 12.3. The number of piperidine rings is 1. The quantitative estimate of drug-likeness (QED) is 0.558. The van der Waals surface area contributed by atoms with Gasteiger partial charge in [0.15, 0.2) is 5.82 Å². The molecule has 2 bridgehead atoms. The Labute approximate surface area is 161 Å². The van der Waals surface area contributed by atoms with Crippen molar-refractivity contribution in [2.24, 2.45) is 5.92 Å². The summed E-state index contributed by atoms with van der Waals surface area (Å²) in [5, 5.41) is 1.15. The molecule has 140 valence electrons. The van der Waals surface area contributed by atoms with Crippen molar-refractivity contribution in [2.45, 2.75) is 25.8 Å². The maximum Gasteiger partial charge on any atom is 0.250 e. The van der Waals surface area contributed by atoms with Crippen molar-refractivity contribution in [3.63, 3.8) is 0 Å². The first-order valence-electron chi connectivity index (χ1n) is 9.85. The smallest absolute Gasteiger partial charge is 0.250 e. The van der Waals surface area contributed by atoms with Crippen LogP contribution in [0.25, 0.3) is 21.9 Å². The van der Waals surface area contributed by atoms with Gasteiger partial charge in [-0.15, -0.1) is 0 Å². The molecule has 0 aliphatic carbocycles. The molecule has 2 aliphatic heterocycles. The van der Waals surface area contributed by atoms with Crippen LogP contribution in [-0.4, -0.2) is 32.6 Å². The zero-order valence-corrected chi connectivity index (χ0v) is 15.7. The van der Waals surface area contributed by atoms with Gasteiger partial charge >= 0.3 is 0 Å². The third-order valence-corrected chi connectivity index (χ3v) is 6.30. The van der Waals surface area contributed by atoms with Gasteiger partial charge in [-0.25, -0.2) is 9.97 Å². The van der Waals surface area contributed by atoms with E-state index in [9.17, 15) is 4.79 Å². The van der Waals surface area contributed by atoms with E-state index in [2.05, 4.69) is 51.0 Å². The van der Waals surface area contributed by atoms with Crippen LogP contribution in [0.3, 0.4) is 0 Å². The van der Waals surface area contributed by atoms with Gasteiger partial charge in [0.1, 0.15) is 17.4 Å². The molecule has 2 aliphatic rings. The molecule has 6 heteroatoms. The fourth-order valence-corrected chi connectivity index (χ4v) is 5.10. The normalized spacial score (nSPS) is 21.2. The fraction of sp³-hybridized carbons (Fsp3) is 0.318. The lowest BCUT2D eigenvalue weighted by Crippen LogP contribution is -2.47. The van der Waals surface area contributed by atoms with Gasteiger partial charge in [-0.3, -0.25) is 4.79 Å². The molecule has 3 aromatic heterocycles. The molecule has 0 saturated carbocycles. The summed E-state index contributed by atoms with van der Waals surface area (Å²) in [7, 11) is 0. The zero-order chi connectivity index (χ0) is 18.8. The van der Waals surface area contributed by atoms with Crippen molar-refractivity contribution in [1.29, 1.82) is 0 Å². The van der Waals surface area contributed by atoms with E-state index in [0.29, 0.717) is 11.8 Å². The molecule has 1 N–H and O–H groups in total. The van der Waals surface area contributed by atoms with Crippen LogP contribution in [-0.2, 0) is 6.54 Å². The number of aryl methyl sites for hydroxylation is 1. The molecular formula is C22H21N5O. The summed E-state index contributed by atoms with van der Waals surface area (Å²) >= 11 is 0. The van der Waals surface area contributed by atoms with E-state index >= 15 is 0 Å². The van der Waals surface area contributed by atoms with Crippen molar-refractivity contribution >= 4 is 27.8 Å². The Morgan fingerprint density at radius 3 is 2.96 bits per heavy atom. The highest BCUT2D eigenvalue weighted by Crippen LogP contribution is 2.38. The molecule has 5 heterocycles. The van der Waals surface area contributed by atoms with Crippen LogP contribution in [0.4, 0.5) is 5.82 Å². The number of aromatic nitrogens is 4. The van der Waals surface area contributed by atoms with E-state index in [1.807, 2.05) is 10.6 Å². The van der Waals surface area contributed by atoms with E-state index in [1.54, 1.807) is 12.4 Å². The lowest BCUT2D eigenvalue weighted by Gasteiger charge is -2.43. The Hall–Kier alpha value is -3.15. The van der Waals surface area contributed by atoms with E-state index in [0.717, 1.165) is 59.5 Å². The molecule has 4 aromatic rings. The first-order valence-corrected chi connectivity index (χ1v) is 9.85. The Bertz CT molecular complexity index is 1290. The van der Waals surface area contributed by atoms with Crippen LogP contribution in [0.5, 0.6) is 0 Å². The molecule has 1 fully saturated rings. The summed E-state index contributed by atoms with van der Waals surface area (Å²) in [4.78, 5) is 27.4. The summed E-state index contributed by atoms with van der Waals surface area (Å²) in [6, 6.07) is 12.1. The number of aromatic amines is 1. The summed E-state index contributed by atoms with van der Waals surface area (Å²) in [5.41, 5.74) is 5.59. The summed E-state index contributed by atoms with van der Waals surface area (Å²) < 4.78 is 1.97. The topological polar surface area (TPSA) is 66.8 Å². The zero-order valence-electron chi connectivity index (χ0n) is 15.7. The van der Waals surface area contributed by atoms with Crippen molar-refractivity contribution in [3.8, 4) is 0 Å². The fourth-order valence-electron chi connectivity index (χ4n) is 5.10. The van der Waals surface area contributed by atoms with Gasteiger partial charge in [-0.2, -0.15) is 0 Å². The summed E-state index contributed by atoms with van der Waals surface area (Å²) in [6.45, 7) is 4.69. The minimum absolute atomic E-state index is 0.121. The van der Waals surface area contributed by atoms with Crippen LogP contribution in [0.2, 0.25) is 0 Å². The molecule has 1 aromatic carbocycles. The number of hydrogen-bond donors (Lipinski definition) is 1. The average Bonchev–Trinajstić information content (AvgIpc) is 3.07. The van der Waals surface area contributed by atoms with Gasteiger partial charge in [0, 0.05) is 48.2 Å². The number of H-pyrrole nitrogens is 1. The van der Waals surface area contributed by atoms with Crippen LogP contribution in [0.15, 0.2) is 47.5 Å². The minimum atomic E-state index is 0.121. The predicted molar refractivity (Wildman–Crippen MR) is 110 cm³/mol. The van der Waals surface area contributed by atoms with Crippen LogP contribution in [0.1, 0.15) is 23.6 Å². The predicted octanol–water partition coefficient (Wildman–Crippen LogP) is 3.20. The Morgan fingerprint density at radius 2 is 2.04 bits per heavy atom. The number of fused-ring (bicyclic) bond motifs is 7. The number of hydrogen-bond acceptors (Lipinski definition) is 4. The summed E-state index contributed by atoms with van der Waals surface area (Å²) in [6.07, 6.45) is 2.82. The lowest BCUT2D eigenvalue weighted by molar-refractivity contribution is 0.281. The first-order chi connectivity index (χ1) is 13.7. The third-order valence-electron chi connectivity index (χ3n) is 6.30. The minimum Gasteiger partial charge on any atom is -0.354 e. The van der Waals surface area contributed by atoms with E-state index < -0.39 is 0 Å². The molecule has 28 heavy (non-hydrogen) atoms. The second-order valence-electron chi connectivity index (χ2n) is 8.20. The first kappa shape index (κ1) is 15.9. The molecule has 0 unspecified atom stereocenters. The highest BCUT2D eigenvalue weighted by atomic mass is 16.1. The third kappa shape index (κ3) is 2.24. The Balaban J connectivity index is 1.47. The second-order valence-corrected chi connectivity index (χ2v) is 8.20. The number of nitrogens with zero attached hydrogens (tertiary/aromatic N) is 4. The highest BCUT2D eigenvalue weighted by Gasteiger charge is 2.35. The highest BCUT2D eigenvalue weighted by molar-refractivity contribution is 6.08. The van der Waals surface area contributed by atoms with Gasteiger partial charge in [-0.1, -0.05) is 17.7 Å². The molecule has 6 rings (SSSR count). The number of rotatable bonds is 1. The van der Waals surface area contributed by atoms with Gasteiger partial charge in [0.05, 0.1) is 0 Å². The second kappa shape index (κ2) is 5.67. The van der Waals surface area contributed by atoms with Gasteiger partial charge in [0.2, 0.25) is 0 Å². The molecule has 6 nitrogen and oxygen atoms in total. The van der Waals surface area contributed by atoms with Crippen molar-refractivity contribution in [3.05, 3.63) is 64.3 Å². The number of pyridine rings is 1. The van der Waals surface area contributed by atoms with Gasteiger partial charge < -0.3 is 14.5 Å². The molecule has 2 atom stereocenters. The van der Waals surface area contributed by atoms with Gasteiger partial charge in [-0.05, 0) is 37.5 Å². The lowest BCUT2D eigenvalue weighted by atomic mass is 9.83. The van der Waals surface area contributed by atoms with E-state index in [4.69, 9.17) is 0 Å². The molecular weight excluding hydrogens is 350 g/mol. The van der Waals surface area contributed by atoms with Gasteiger partial charge in [0.25, 0.3) is 5.56 Å². The molecule has 0 radical (unpaired) electrons. The molecule has 0 amide bonds. The number of benzene rings is 1. The summed E-state index contributed by atoms with van der Waals surface area (Å²) in [5.74, 6) is 1.79. The van der Waals surface area contributed by atoms with Crippen LogP contribution < -0.4 is 10.5 Å². The van der Waals surface area contributed by atoms with Crippen molar-refractivity contribution < 1.29 is 0 Å². The average molecular weight is 371 g/mol. The van der Waals surface area contributed by atoms with E-state index in [1.165, 1.54) is 5.56 Å². The van der Waals surface area contributed by atoms with Crippen molar-refractivity contribution in [2.75, 3.05) is 18.0 Å². The van der Waals surface area contributed by atoms with Crippen LogP contribution >= 0.6 is 0 Å².